The molecule has 0 radical (unpaired) electrons. The van der Waals surface area contributed by atoms with Gasteiger partial charge in [0.1, 0.15) is 11.8 Å². The second-order valence-electron chi connectivity index (χ2n) is 8.33. The maximum absolute atomic E-state index is 13.1. The van der Waals surface area contributed by atoms with Crippen molar-refractivity contribution in [1.29, 1.82) is 0 Å². The van der Waals surface area contributed by atoms with Crippen LogP contribution in [0.5, 0.6) is 5.75 Å². The lowest BCUT2D eigenvalue weighted by Crippen LogP contribution is -2.49. The SMILES string of the molecule is C[C@H](C(=O)NCCCO)N(Cc1ccccc1)C(=O)COc1ccc(S(=O)(=O)N2CCOCC2)cc1. The number of aliphatic hydroxyl groups is 1. The number of ether oxygens (including phenoxy) is 2. The quantitative estimate of drug-likeness (QED) is 0.401. The number of amides is 2. The molecule has 36 heavy (non-hydrogen) atoms. The fraction of sp³-hybridized carbons (Fsp3) is 0.440. The van der Waals surface area contributed by atoms with Gasteiger partial charge in [-0.1, -0.05) is 30.3 Å². The summed E-state index contributed by atoms with van der Waals surface area (Å²) in [5, 5.41) is 11.7. The molecular weight excluding hydrogens is 486 g/mol. The summed E-state index contributed by atoms with van der Waals surface area (Å²) in [5.74, 6) is -0.386. The lowest BCUT2D eigenvalue weighted by Gasteiger charge is -2.28. The Morgan fingerprint density at radius 2 is 1.78 bits per heavy atom. The van der Waals surface area contributed by atoms with Gasteiger partial charge < -0.3 is 24.8 Å². The van der Waals surface area contributed by atoms with Gasteiger partial charge in [-0.15, -0.1) is 0 Å². The van der Waals surface area contributed by atoms with Crippen LogP contribution in [-0.4, -0.2) is 86.6 Å². The highest BCUT2D eigenvalue weighted by Crippen LogP contribution is 2.21. The number of aliphatic hydroxyl groups excluding tert-OH is 1. The second kappa shape index (κ2) is 13.4. The molecule has 1 aliphatic heterocycles. The standard InChI is InChI=1S/C25H33N3O7S/c1-20(25(31)26-12-5-15-29)28(18-21-6-3-2-4-7-21)24(30)19-35-22-8-10-23(11-9-22)36(32,33)27-13-16-34-17-14-27/h2-4,6-11,20,29H,5,12-19H2,1H3,(H,26,31)/t20-/m1/s1. The first-order chi connectivity index (χ1) is 17.3. The van der Waals surface area contributed by atoms with Crippen LogP contribution < -0.4 is 10.1 Å². The third-order valence-corrected chi connectivity index (χ3v) is 7.70. The van der Waals surface area contributed by atoms with E-state index in [4.69, 9.17) is 14.6 Å². The highest BCUT2D eigenvalue weighted by Gasteiger charge is 2.28. The van der Waals surface area contributed by atoms with Crippen LogP contribution in [0, 0.1) is 0 Å². The van der Waals surface area contributed by atoms with Crippen molar-refractivity contribution in [3.63, 3.8) is 0 Å². The molecule has 2 aromatic carbocycles. The maximum Gasteiger partial charge on any atom is 0.261 e. The predicted octanol–water partition coefficient (Wildman–Crippen LogP) is 1.00. The van der Waals surface area contributed by atoms with Crippen LogP contribution in [0.25, 0.3) is 0 Å². The van der Waals surface area contributed by atoms with E-state index < -0.39 is 22.0 Å². The third kappa shape index (κ3) is 7.50. The summed E-state index contributed by atoms with van der Waals surface area (Å²) in [4.78, 5) is 27.3. The van der Waals surface area contributed by atoms with Crippen LogP contribution in [0.15, 0.2) is 59.5 Å². The molecule has 196 valence electrons. The molecule has 1 saturated heterocycles. The minimum atomic E-state index is -3.63. The molecule has 0 aromatic heterocycles. The zero-order valence-electron chi connectivity index (χ0n) is 20.3. The molecule has 0 bridgehead atoms. The van der Waals surface area contributed by atoms with E-state index in [1.54, 1.807) is 6.92 Å². The zero-order chi connectivity index (χ0) is 26.0. The fourth-order valence-electron chi connectivity index (χ4n) is 3.67. The summed E-state index contributed by atoms with van der Waals surface area (Å²) in [6.07, 6.45) is 0.422. The molecule has 3 rings (SSSR count). The van der Waals surface area contributed by atoms with Crippen molar-refractivity contribution in [2.45, 2.75) is 30.8 Å². The minimum Gasteiger partial charge on any atom is -0.484 e. The number of nitrogens with zero attached hydrogens (tertiary/aromatic N) is 2. The van der Waals surface area contributed by atoms with Gasteiger partial charge in [0.25, 0.3) is 5.91 Å². The van der Waals surface area contributed by atoms with Gasteiger partial charge in [0, 0.05) is 32.8 Å². The Morgan fingerprint density at radius 3 is 2.42 bits per heavy atom. The van der Waals surface area contributed by atoms with E-state index in [0.29, 0.717) is 45.0 Å². The summed E-state index contributed by atoms with van der Waals surface area (Å²) >= 11 is 0. The van der Waals surface area contributed by atoms with Crippen molar-refractivity contribution in [2.24, 2.45) is 0 Å². The van der Waals surface area contributed by atoms with Crippen LogP contribution in [0.1, 0.15) is 18.9 Å². The number of sulfonamides is 1. The molecule has 1 atom stereocenters. The summed E-state index contributed by atoms with van der Waals surface area (Å²) in [5.41, 5.74) is 0.860. The normalized spacial score (nSPS) is 15.2. The maximum atomic E-state index is 13.1. The van der Waals surface area contributed by atoms with Gasteiger partial charge in [0.05, 0.1) is 18.1 Å². The van der Waals surface area contributed by atoms with E-state index in [2.05, 4.69) is 5.32 Å². The molecular formula is C25H33N3O7S. The number of morpholine rings is 1. The average molecular weight is 520 g/mol. The Bertz CT molecular complexity index is 1090. The molecule has 1 fully saturated rings. The molecule has 0 unspecified atom stereocenters. The van der Waals surface area contributed by atoms with Crippen LogP contribution in [0.3, 0.4) is 0 Å². The van der Waals surface area contributed by atoms with E-state index in [1.807, 2.05) is 30.3 Å². The topological polar surface area (TPSA) is 125 Å². The molecule has 2 amide bonds. The summed E-state index contributed by atoms with van der Waals surface area (Å²) in [7, 11) is -3.63. The van der Waals surface area contributed by atoms with Crippen molar-refractivity contribution in [2.75, 3.05) is 46.1 Å². The molecule has 2 N–H and O–H groups in total. The fourth-order valence-corrected chi connectivity index (χ4v) is 5.08. The second-order valence-corrected chi connectivity index (χ2v) is 10.3. The van der Waals surface area contributed by atoms with Gasteiger partial charge >= 0.3 is 0 Å². The van der Waals surface area contributed by atoms with Crippen molar-refractivity contribution in [3.05, 3.63) is 60.2 Å². The van der Waals surface area contributed by atoms with Crippen molar-refractivity contribution in [3.8, 4) is 5.75 Å². The first-order valence-corrected chi connectivity index (χ1v) is 13.3. The van der Waals surface area contributed by atoms with Crippen molar-refractivity contribution >= 4 is 21.8 Å². The Hall–Kier alpha value is -2.99. The van der Waals surface area contributed by atoms with E-state index >= 15 is 0 Å². The van der Waals surface area contributed by atoms with Crippen LogP contribution in [-0.2, 0) is 30.9 Å². The Labute approximate surface area is 211 Å². The highest BCUT2D eigenvalue weighted by molar-refractivity contribution is 7.89. The summed E-state index contributed by atoms with van der Waals surface area (Å²) in [6.45, 7) is 3.13. The van der Waals surface area contributed by atoms with Crippen LogP contribution in [0.4, 0.5) is 0 Å². The van der Waals surface area contributed by atoms with E-state index in [1.165, 1.54) is 33.5 Å². The molecule has 1 aliphatic rings. The Balaban J connectivity index is 1.65. The number of benzene rings is 2. The third-order valence-electron chi connectivity index (χ3n) is 5.79. The van der Waals surface area contributed by atoms with Crippen molar-refractivity contribution < 1.29 is 32.6 Å². The van der Waals surface area contributed by atoms with Gasteiger partial charge in [0.2, 0.25) is 15.9 Å². The average Bonchev–Trinajstić information content (AvgIpc) is 2.91. The van der Waals surface area contributed by atoms with Gasteiger partial charge in [-0.3, -0.25) is 9.59 Å². The molecule has 1 heterocycles. The molecule has 10 nitrogen and oxygen atoms in total. The monoisotopic (exact) mass is 519 g/mol. The van der Waals surface area contributed by atoms with E-state index in [0.717, 1.165) is 5.56 Å². The Morgan fingerprint density at radius 1 is 1.11 bits per heavy atom. The smallest absolute Gasteiger partial charge is 0.261 e. The summed E-state index contributed by atoms with van der Waals surface area (Å²) in [6, 6.07) is 14.5. The lowest BCUT2D eigenvalue weighted by atomic mass is 10.1. The van der Waals surface area contributed by atoms with Gasteiger partial charge in [-0.05, 0) is 43.2 Å². The van der Waals surface area contributed by atoms with Crippen LogP contribution >= 0.6 is 0 Å². The lowest BCUT2D eigenvalue weighted by molar-refractivity contribution is -0.142. The number of rotatable bonds is 12. The number of nitrogens with one attached hydrogen (secondary N) is 1. The number of carbonyl (C=O) groups excluding carboxylic acids is 2. The van der Waals surface area contributed by atoms with E-state index in [9.17, 15) is 18.0 Å². The van der Waals surface area contributed by atoms with E-state index in [-0.39, 0.29) is 30.6 Å². The van der Waals surface area contributed by atoms with Crippen molar-refractivity contribution in [1.82, 2.24) is 14.5 Å². The first kappa shape index (κ1) is 27.6. The largest absolute Gasteiger partial charge is 0.484 e. The Kier molecular flexibility index (Phi) is 10.2. The molecule has 0 spiro atoms. The number of hydrogen-bond acceptors (Lipinski definition) is 7. The van der Waals surface area contributed by atoms with Gasteiger partial charge in [-0.25, -0.2) is 8.42 Å². The van der Waals surface area contributed by atoms with Crippen LogP contribution in [0.2, 0.25) is 0 Å². The molecule has 2 aromatic rings. The molecule has 0 saturated carbocycles. The van der Waals surface area contributed by atoms with Gasteiger partial charge in [-0.2, -0.15) is 4.31 Å². The predicted molar refractivity (Wildman–Crippen MR) is 133 cm³/mol. The first-order valence-electron chi connectivity index (χ1n) is 11.9. The van der Waals surface area contributed by atoms with Gasteiger partial charge in [0.15, 0.2) is 6.61 Å². The molecule has 0 aliphatic carbocycles. The highest BCUT2D eigenvalue weighted by atomic mass is 32.2. The molecule has 11 heteroatoms. The summed E-state index contributed by atoms with van der Waals surface area (Å²) < 4.78 is 37.8. The number of hydrogen-bond donors (Lipinski definition) is 2. The number of carbonyl (C=O) groups is 2. The zero-order valence-corrected chi connectivity index (χ0v) is 21.2. The minimum absolute atomic E-state index is 0.0400.